The first-order valence-electron chi connectivity index (χ1n) is 14.5. The fourth-order valence-electron chi connectivity index (χ4n) is 4.36. The highest BCUT2D eigenvalue weighted by Crippen LogP contribution is 2.11. The molecule has 3 rings (SSSR count). The number of nitrogens with one attached hydrogen (secondary N) is 5. The molecule has 1 heterocycles. The summed E-state index contributed by atoms with van der Waals surface area (Å²) in [4.78, 5) is 74.0. The number of carboxylic acid groups (broad SMARTS) is 1. The lowest BCUT2D eigenvalue weighted by Gasteiger charge is -2.25. The van der Waals surface area contributed by atoms with Crippen LogP contribution in [0.3, 0.4) is 0 Å². The van der Waals surface area contributed by atoms with Gasteiger partial charge < -0.3 is 42.5 Å². The van der Waals surface area contributed by atoms with Gasteiger partial charge in [0.2, 0.25) is 29.5 Å². The monoisotopic (exact) mass is 626 g/mol. The van der Waals surface area contributed by atoms with Crippen molar-refractivity contribution in [3.05, 3.63) is 65.7 Å². The molecule has 1 fully saturated rings. The maximum Gasteiger partial charge on any atom is 0.300 e. The molecule has 0 bridgehead atoms. The van der Waals surface area contributed by atoms with Crippen LogP contribution in [0.2, 0.25) is 0 Å². The van der Waals surface area contributed by atoms with Crippen molar-refractivity contribution in [3.63, 3.8) is 0 Å². The molecule has 9 N–H and O–H groups in total. The Hall–Kier alpha value is -4.98. The molecule has 2 aromatic carbocycles. The second-order valence-corrected chi connectivity index (χ2v) is 11.0. The van der Waals surface area contributed by atoms with Crippen LogP contribution in [0.4, 0.5) is 0 Å². The number of carbonyl (C=O) groups is 6. The molecule has 0 aromatic heterocycles. The number of rotatable bonds is 8. The van der Waals surface area contributed by atoms with Gasteiger partial charge in [-0.25, -0.2) is 0 Å². The van der Waals surface area contributed by atoms with Crippen LogP contribution in [-0.2, 0) is 41.6 Å². The maximum atomic E-state index is 13.2. The van der Waals surface area contributed by atoms with E-state index < -0.39 is 66.2 Å². The number of carbonyl (C=O) groups excluding carboxylic acids is 5. The van der Waals surface area contributed by atoms with Gasteiger partial charge in [-0.2, -0.15) is 0 Å². The molecule has 1 aliphatic heterocycles. The fraction of sp³-hybridized carbons (Fsp3) is 0.419. The molecule has 5 amide bonds. The van der Waals surface area contributed by atoms with E-state index in [9.17, 15) is 29.1 Å². The summed E-state index contributed by atoms with van der Waals surface area (Å²) in [5.74, 6) is -3.73. The van der Waals surface area contributed by atoms with Gasteiger partial charge in [0.25, 0.3) is 5.97 Å². The van der Waals surface area contributed by atoms with E-state index in [0.29, 0.717) is 12.0 Å². The average Bonchev–Trinajstić information content (AvgIpc) is 2.98. The van der Waals surface area contributed by atoms with Crippen LogP contribution in [0.5, 0.6) is 5.75 Å². The molecule has 1 saturated heterocycles. The Bertz CT molecular complexity index is 1320. The summed E-state index contributed by atoms with van der Waals surface area (Å²) < 4.78 is 0. The number of phenolic OH excluding ortho intramolecular Hbond substituents is 1. The SMILES string of the molecule is CC(=O)O.CC(C)C[C@@H]1NC(=O)[C@H](Cc2ccccc2)NC(=O)CNC(=O)[C@H](NC(=O)[C@@H](N)Cc2ccc(O)cc2)CNC1=O. The van der Waals surface area contributed by atoms with E-state index in [4.69, 9.17) is 15.6 Å². The number of hydrogen-bond donors (Lipinski definition) is 8. The topological polar surface area (TPSA) is 229 Å². The van der Waals surface area contributed by atoms with Crippen molar-refractivity contribution in [2.45, 2.75) is 64.2 Å². The van der Waals surface area contributed by atoms with Crippen molar-refractivity contribution in [1.82, 2.24) is 26.6 Å². The van der Waals surface area contributed by atoms with Gasteiger partial charge in [-0.1, -0.05) is 56.3 Å². The number of carboxylic acids is 1. The molecule has 244 valence electrons. The third-order valence-corrected chi connectivity index (χ3v) is 6.54. The third-order valence-electron chi connectivity index (χ3n) is 6.54. The van der Waals surface area contributed by atoms with Crippen molar-refractivity contribution in [1.29, 1.82) is 0 Å². The highest BCUT2D eigenvalue weighted by Gasteiger charge is 2.31. The molecule has 1 aliphatic rings. The van der Waals surface area contributed by atoms with Crippen molar-refractivity contribution in [3.8, 4) is 5.75 Å². The summed E-state index contributed by atoms with van der Waals surface area (Å²) in [5.41, 5.74) is 7.56. The summed E-state index contributed by atoms with van der Waals surface area (Å²) in [7, 11) is 0. The predicted octanol–water partition coefficient (Wildman–Crippen LogP) is -0.658. The van der Waals surface area contributed by atoms with Crippen molar-refractivity contribution >= 4 is 35.5 Å². The minimum Gasteiger partial charge on any atom is -0.508 e. The van der Waals surface area contributed by atoms with Gasteiger partial charge in [0.05, 0.1) is 12.6 Å². The molecular weight excluding hydrogens is 584 g/mol. The molecule has 0 saturated carbocycles. The average molecular weight is 627 g/mol. The van der Waals surface area contributed by atoms with E-state index in [2.05, 4.69) is 26.6 Å². The lowest BCUT2D eigenvalue weighted by molar-refractivity contribution is -0.134. The number of nitrogens with two attached hydrogens (primary N) is 1. The maximum absolute atomic E-state index is 13.2. The Labute approximate surface area is 261 Å². The Morgan fingerprint density at radius 1 is 0.889 bits per heavy atom. The first kappa shape index (κ1) is 36.2. The van der Waals surface area contributed by atoms with Crippen LogP contribution in [0.1, 0.15) is 38.3 Å². The summed E-state index contributed by atoms with van der Waals surface area (Å²) in [5, 5.41) is 29.9. The minimum atomic E-state index is -1.23. The van der Waals surface area contributed by atoms with Crippen LogP contribution < -0.4 is 32.3 Å². The summed E-state index contributed by atoms with van der Waals surface area (Å²) in [6.45, 7) is 4.14. The Kier molecular flexibility index (Phi) is 14.5. The lowest BCUT2D eigenvalue weighted by Crippen LogP contribution is -2.58. The van der Waals surface area contributed by atoms with Crippen molar-refractivity contribution in [2.24, 2.45) is 11.7 Å². The van der Waals surface area contributed by atoms with Crippen LogP contribution in [-0.4, -0.2) is 83.0 Å². The first-order chi connectivity index (χ1) is 21.2. The summed E-state index contributed by atoms with van der Waals surface area (Å²) in [6.07, 6.45) is 0.630. The quantitative estimate of drug-likeness (QED) is 0.186. The second kappa shape index (κ2) is 18.0. The summed E-state index contributed by atoms with van der Waals surface area (Å²) in [6, 6.07) is 11.1. The second-order valence-electron chi connectivity index (χ2n) is 11.0. The smallest absolute Gasteiger partial charge is 0.300 e. The summed E-state index contributed by atoms with van der Waals surface area (Å²) >= 11 is 0. The molecule has 0 aliphatic carbocycles. The zero-order chi connectivity index (χ0) is 33.5. The van der Waals surface area contributed by atoms with Crippen LogP contribution in [0.25, 0.3) is 0 Å². The molecule has 14 heteroatoms. The molecule has 0 spiro atoms. The van der Waals surface area contributed by atoms with E-state index in [1.54, 1.807) is 12.1 Å². The normalized spacial score (nSPS) is 19.9. The highest BCUT2D eigenvalue weighted by atomic mass is 16.4. The van der Waals surface area contributed by atoms with Crippen molar-refractivity contribution in [2.75, 3.05) is 13.1 Å². The van der Waals surface area contributed by atoms with E-state index in [1.165, 1.54) is 12.1 Å². The fourth-order valence-corrected chi connectivity index (χ4v) is 4.36. The number of hydrogen-bond acceptors (Lipinski definition) is 8. The molecule has 4 atom stereocenters. The van der Waals surface area contributed by atoms with Gasteiger partial charge in [-0.05, 0) is 42.0 Å². The number of benzene rings is 2. The Balaban J connectivity index is 0.00000166. The van der Waals surface area contributed by atoms with Gasteiger partial charge in [0, 0.05) is 19.9 Å². The number of amides is 5. The van der Waals surface area contributed by atoms with Crippen molar-refractivity contribution < 1.29 is 39.0 Å². The van der Waals surface area contributed by atoms with Crippen LogP contribution in [0.15, 0.2) is 54.6 Å². The number of phenols is 1. The van der Waals surface area contributed by atoms with Crippen LogP contribution >= 0.6 is 0 Å². The third kappa shape index (κ3) is 13.5. The lowest BCUT2D eigenvalue weighted by atomic mass is 10.0. The molecule has 0 unspecified atom stereocenters. The van der Waals surface area contributed by atoms with Gasteiger partial charge in [-0.15, -0.1) is 0 Å². The van der Waals surface area contributed by atoms with E-state index in [0.717, 1.165) is 12.5 Å². The highest BCUT2D eigenvalue weighted by molar-refractivity contribution is 5.96. The Morgan fingerprint density at radius 2 is 1.51 bits per heavy atom. The zero-order valence-electron chi connectivity index (χ0n) is 25.5. The zero-order valence-corrected chi connectivity index (χ0v) is 25.5. The van der Waals surface area contributed by atoms with E-state index in [1.807, 2.05) is 44.2 Å². The largest absolute Gasteiger partial charge is 0.508 e. The van der Waals surface area contributed by atoms with E-state index in [-0.39, 0.29) is 31.1 Å². The number of aromatic hydroxyl groups is 1. The van der Waals surface area contributed by atoms with Gasteiger partial charge in [0.15, 0.2) is 0 Å². The van der Waals surface area contributed by atoms with Gasteiger partial charge in [-0.3, -0.25) is 28.8 Å². The predicted molar refractivity (Wildman–Crippen MR) is 165 cm³/mol. The molecule has 45 heavy (non-hydrogen) atoms. The first-order valence-corrected chi connectivity index (χ1v) is 14.5. The number of aliphatic carboxylic acids is 1. The van der Waals surface area contributed by atoms with Crippen LogP contribution in [0, 0.1) is 5.92 Å². The minimum absolute atomic E-state index is 0.0422. The molecule has 0 radical (unpaired) electrons. The van der Waals surface area contributed by atoms with Gasteiger partial charge >= 0.3 is 0 Å². The van der Waals surface area contributed by atoms with E-state index >= 15 is 0 Å². The molecule has 14 nitrogen and oxygen atoms in total. The Morgan fingerprint density at radius 3 is 2.11 bits per heavy atom. The standard InChI is InChI=1S/C29H38N6O6.C2H4O2/c1-17(2)12-22-27(39)31-15-24(35-26(38)21(30)13-19-8-10-20(36)11-9-19)28(40)32-16-25(37)33-23(29(41)34-22)14-18-6-4-3-5-7-18;1-2(3)4/h3-11,17,21-24,36H,12-16,30H2,1-2H3,(H,31,39)(H,32,40)(H,33,37)(H,34,41)(H,35,38);1H3,(H,3,4)/t21-,22-,23-,24+;/m0./s1. The van der Waals surface area contributed by atoms with Gasteiger partial charge in [0.1, 0.15) is 23.9 Å². The molecule has 2 aromatic rings. The molecular formula is C31H42N6O8.